The molecular formula is C11H19N3O. The summed E-state index contributed by atoms with van der Waals surface area (Å²) >= 11 is 0. The molecule has 1 aliphatic heterocycles. The monoisotopic (exact) mass is 209 g/mol. The van der Waals surface area contributed by atoms with Crippen molar-refractivity contribution in [1.29, 1.82) is 0 Å². The van der Waals surface area contributed by atoms with Gasteiger partial charge in [-0.2, -0.15) is 5.10 Å². The molecule has 84 valence electrons. The van der Waals surface area contributed by atoms with Crippen molar-refractivity contribution in [1.82, 2.24) is 15.1 Å². The Morgan fingerprint density at radius 1 is 1.40 bits per heavy atom. The van der Waals surface area contributed by atoms with Crippen molar-refractivity contribution >= 4 is 0 Å². The molecule has 0 saturated carbocycles. The fourth-order valence-electron chi connectivity index (χ4n) is 1.88. The predicted octanol–water partition coefficient (Wildman–Crippen LogP) is 0.899. The average molecular weight is 209 g/mol. The molecule has 0 radical (unpaired) electrons. The summed E-state index contributed by atoms with van der Waals surface area (Å²) in [5.74, 6) is 0.802. The fraction of sp³-hybridized carbons (Fsp3) is 0.727. The summed E-state index contributed by atoms with van der Waals surface area (Å²) in [6, 6.07) is 1.96. The van der Waals surface area contributed by atoms with Crippen molar-refractivity contribution in [3.8, 4) is 0 Å². The maximum Gasteiger partial charge on any atom is 0.0533 e. The SMILES string of the molecule is c1cnn(CCNCC2CCOCC2)c1. The summed E-state index contributed by atoms with van der Waals surface area (Å²) in [5, 5.41) is 7.63. The third-order valence-corrected chi connectivity index (χ3v) is 2.85. The molecule has 2 heterocycles. The minimum absolute atomic E-state index is 0.802. The number of rotatable bonds is 5. The lowest BCUT2D eigenvalue weighted by Gasteiger charge is -2.22. The summed E-state index contributed by atoms with van der Waals surface area (Å²) in [6.07, 6.45) is 6.22. The van der Waals surface area contributed by atoms with Gasteiger partial charge in [-0.15, -0.1) is 0 Å². The molecule has 2 rings (SSSR count). The third-order valence-electron chi connectivity index (χ3n) is 2.85. The first-order valence-corrected chi connectivity index (χ1v) is 5.71. The van der Waals surface area contributed by atoms with Crippen molar-refractivity contribution in [2.45, 2.75) is 19.4 Å². The zero-order valence-corrected chi connectivity index (χ0v) is 9.06. The van der Waals surface area contributed by atoms with Crippen LogP contribution in [0, 0.1) is 5.92 Å². The molecular weight excluding hydrogens is 190 g/mol. The minimum Gasteiger partial charge on any atom is -0.381 e. The smallest absolute Gasteiger partial charge is 0.0533 e. The molecule has 0 spiro atoms. The van der Waals surface area contributed by atoms with E-state index in [1.165, 1.54) is 12.8 Å². The molecule has 0 amide bonds. The molecule has 0 aromatic carbocycles. The number of ether oxygens (including phenoxy) is 1. The van der Waals surface area contributed by atoms with Gasteiger partial charge in [-0.05, 0) is 31.4 Å². The maximum atomic E-state index is 5.32. The van der Waals surface area contributed by atoms with E-state index in [2.05, 4.69) is 10.4 Å². The number of nitrogens with one attached hydrogen (secondary N) is 1. The van der Waals surface area contributed by atoms with Gasteiger partial charge in [-0.25, -0.2) is 0 Å². The zero-order chi connectivity index (χ0) is 10.3. The second-order valence-electron chi connectivity index (χ2n) is 4.03. The highest BCUT2D eigenvalue weighted by molar-refractivity contribution is 4.77. The van der Waals surface area contributed by atoms with Gasteiger partial charge in [-0.3, -0.25) is 4.68 Å². The Hall–Kier alpha value is -0.870. The summed E-state index contributed by atoms with van der Waals surface area (Å²) in [5.41, 5.74) is 0. The van der Waals surface area contributed by atoms with E-state index in [0.29, 0.717) is 0 Å². The lowest BCUT2D eigenvalue weighted by molar-refractivity contribution is 0.0663. The van der Waals surface area contributed by atoms with Crippen molar-refractivity contribution in [2.75, 3.05) is 26.3 Å². The molecule has 1 N–H and O–H groups in total. The average Bonchev–Trinajstić information content (AvgIpc) is 2.79. The van der Waals surface area contributed by atoms with E-state index in [0.717, 1.165) is 38.8 Å². The van der Waals surface area contributed by atoms with E-state index in [1.54, 1.807) is 0 Å². The second-order valence-corrected chi connectivity index (χ2v) is 4.03. The highest BCUT2D eigenvalue weighted by Gasteiger charge is 2.12. The van der Waals surface area contributed by atoms with Crippen LogP contribution in [-0.4, -0.2) is 36.1 Å². The van der Waals surface area contributed by atoms with Crippen LogP contribution in [0.15, 0.2) is 18.5 Å². The summed E-state index contributed by atoms with van der Waals surface area (Å²) in [6.45, 7) is 4.94. The molecule has 1 aliphatic rings. The summed E-state index contributed by atoms with van der Waals surface area (Å²) in [4.78, 5) is 0. The first-order valence-electron chi connectivity index (χ1n) is 5.71. The van der Waals surface area contributed by atoms with Gasteiger partial charge in [0.15, 0.2) is 0 Å². The molecule has 1 aromatic rings. The van der Waals surface area contributed by atoms with Crippen LogP contribution in [0.2, 0.25) is 0 Å². The van der Waals surface area contributed by atoms with Gasteiger partial charge < -0.3 is 10.1 Å². The van der Waals surface area contributed by atoms with Crippen molar-refractivity contribution in [3.63, 3.8) is 0 Å². The predicted molar refractivity (Wildman–Crippen MR) is 58.6 cm³/mol. The lowest BCUT2D eigenvalue weighted by atomic mass is 10.0. The highest BCUT2D eigenvalue weighted by atomic mass is 16.5. The Bertz CT molecular complexity index is 255. The van der Waals surface area contributed by atoms with E-state index in [4.69, 9.17) is 4.74 Å². The number of hydrogen-bond donors (Lipinski definition) is 1. The minimum atomic E-state index is 0.802. The van der Waals surface area contributed by atoms with Gasteiger partial charge in [0.1, 0.15) is 0 Å². The van der Waals surface area contributed by atoms with Crippen LogP contribution >= 0.6 is 0 Å². The summed E-state index contributed by atoms with van der Waals surface area (Å²) in [7, 11) is 0. The van der Waals surface area contributed by atoms with Crippen LogP contribution in [0.1, 0.15) is 12.8 Å². The van der Waals surface area contributed by atoms with E-state index in [9.17, 15) is 0 Å². The molecule has 0 unspecified atom stereocenters. The molecule has 4 heteroatoms. The van der Waals surface area contributed by atoms with Gasteiger partial charge in [0, 0.05) is 32.2 Å². The van der Waals surface area contributed by atoms with E-state index < -0.39 is 0 Å². The van der Waals surface area contributed by atoms with Gasteiger partial charge >= 0.3 is 0 Å². The third kappa shape index (κ3) is 3.64. The van der Waals surface area contributed by atoms with Gasteiger partial charge in [-0.1, -0.05) is 0 Å². The molecule has 4 nitrogen and oxygen atoms in total. The summed E-state index contributed by atoms with van der Waals surface area (Å²) < 4.78 is 7.28. The fourth-order valence-corrected chi connectivity index (χ4v) is 1.88. The lowest BCUT2D eigenvalue weighted by Crippen LogP contribution is -2.29. The molecule has 0 atom stereocenters. The van der Waals surface area contributed by atoms with E-state index >= 15 is 0 Å². The zero-order valence-electron chi connectivity index (χ0n) is 9.06. The molecule has 1 saturated heterocycles. The Morgan fingerprint density at radius 3 is 3.00 bits per heavy atom. The van der Waals surface area contributed by atoms with E-state index in [1.807, 2.05) is 23.1 Å². The van der Waals surface area contributed by atoms with Crippen LogP contribution in [0.4, 0.5) is 0 Å². The van der Waals surface area contributed by atoms with Gasteiger partial charge in [0.05, 0.1) is 6.54 Å². The van der Waals surface area contributed by atoms with Crippen molar-refractivity contribution < 1.29 is 4.74 Å². The Labute approximate surface area is 90.6 Å². The van der Waals surface area contributed by atoms with Gasteiger partial charge in [0.25, 0.3) is 0 Å². The van der Waals surface area contributed by atoms with Crippen LogP contribution in [0.3, 0.4) is 0 Å². The molecule has 0 aliphatic carbocycles. The number of hydrogen-bond acceptors (Lipinski definition) is 3. The van der Waals surface area contributed by atoms with E-state index in [-0.39, 0.29) is 0 Å². The Morgan fingerprint density at radius 2 is 2.27 bits per heavy atom. The standard InChI is InChI=1S/C11H19N3O/c1-4-13-14(6-1)7-5-12-10-11-2-8-15-9-3-11/h1,4,6,11-12H,2-3,5,7-10H2. The Balaban J connectivity index is 1.54. The van der Waals surface area contributed by atoms with Crippen molar-refractivity contribution in [2.24, 2.45) is 5.92 Å². The topological polar surface area (TPSA) is 39.1 Å². The Kier molecular flexibility index (Phi) is 4.17. The van der Waals surface area contributed by atoms with Gasteiger partial charge in [0.2, 0.25) is 0 Å². The first-order chi connectivity index (χ1) is 7.45. The van der Waals surface area contributed by atoms with Crippen LogP contribution < -0.4 is 5.32 Å². The molecule has 15 heavy (non-hydrogen) atoms. The number of nitrogens with zero attached hydrogens (tertiary/aromatic N) is 2. The first kappa shape index (κ1) is 10.6. The number of aromatic nitrogens is 2. The van der Waals surface area contributed by atoms with Crippen LogP contribution in [0.5, 0.6) is 0 Å². The quantitative estimate of drug-likeness (QED) is 0.732. The van der Waals surface area contributed by atoms with Crippen LogP contribution in [-0.2, 0) is 11.3 Å². The highest BCUT2D eigenvalue weighted by Crippen LogP contribution is 2.12. The largest absolute Gasteiger partial charge is 0.381 e. The molecule has 1 aromatic heterocycles. The normalized spacial score (nSPS) is 18.1. The van der Waals surface area contributed by atoms with Crippen molar-refractivity contribution in [3.05, 3.63) is 18.5 Å². The van der Waals surface area contributed by atoms with Crippen LogP contribution in [0.25, 0.3) is 0 Å². The molecule has 1 fully saturated rings. The maximum absolute atomic E-state index is 5.32. The molecule has 0 bridgehead atoms. The second kappa shape index (κ2) is 5.88.